The first-order chi connectivity index (χ1) is 13.8. The number of sulfone groups is 1. The monoisotopic (exact) mass is 439 g/mol. The molecule has 0 atom stereocenters. The summed E-state index contributed by atoms with van der Waals surface area (Å²) in [5, 5.41) is 26.6. The highest BCUT2D eigenvalue weighted by Gasteiger charge is 2.24. The lowest BCUT2D eigenvalue weighted by Gasteiger charge is -2.21. The number of aliphatic carboxylic acids is 1. The fraction of sp³-hybridized carbons (Fsp3) is 0.389. The van der Waals surface area contributed by atoms with Gasteiger partial charge in [0.15, 0.2) is 0 Å². The molecule has 29 heavy (non-hydrogen) atoms. The Morgan fingerprint density at radius 1 is 1.38 bits per heavy atom. The van der Waals surface area contributed by atoms with E-state index in [0.717, 1.165) is 22.5 Å². The molecule has 9 nitrogen and oxygen atoms in total. The van der Waals surface area contributed by atoms with Gasteiger partial charge >= 0.3 is 5.97 Å². The molecule has 2 aromatic heterocycles. The molecule has 0 radical (unpaired) electrons. The largest absolute Gasteiger partial charge is 0.478 e. The van der Waals surface area contributed by atoms with Gasteiger partial charge in [0.25, 0.3) is 0 Å². The molecule has 0 aliphatic carbocycles. The number of hydrogen-bond donors (Lipinski definition) is 2. The Bertz CT molecular complexity index is 1010. The smallest absolute Gasteiger partial charge is 0.337 e. The molecule has 1 aliphatic rings. The molecule has 3 rings (SSSR count). The zero-order valence-corrected chi connectivity index (χ0v) is 17.1. The number of allylic oxidation sites excluding steroid dienone is 1. The van der Waals surface area contributed by atoms with Crippen LogP contribution < -0.4 is 5.06 Å². The molecule has 1 saturated heterocycles. The van der Waals surface area contributed by atoms with Crippen LogP contribution in [-0.2, 0) is 32.5 Å². The average Bonchev–Trinajstić information content (AvgIpc) is 3.30. The third kappa shape index (κ3) is 5.31. The second-order valence-corrected chi connectivity index (χ2v) is 10.1. The number of hydroxylamine groups is 1. The van der Waals surface area contributed by atoms with Crippen LogP contribution >= 0.6 is 11.3 Å². The highest BCUT2D eigenvalue weighted by molar-refractivity contribution is 7.91. The first-order valence-electron chi connectivity index (χ1n) is 8.94. The van der Waals surface area contributed by atoms with Crippen LogP contribution in [0.4, 0.5) is 5.69 Å². The van der Waals surface area contributed by atoms with Gasteiger partial charge in [-0.15, -0.1) is 11.3 Å². The number of nitrogens with zero attached hydrogens (tertiary/aromatic N) is 3. The van der Waals surface area contributed by atoms with Gasteiger partial charge in [0.05, 0.1) is 40.4 Å². The van der Waals surface area contributed by atoms with Crippen LogP contribution in [-0.4, -0.2) is 52.3 Å². The van der Waals surface area contributed by atoms with E-state index < -0.39 is 15.8 Å². The molecule has 1 fully saturated rings. The average molecular weight is 440 g/mol. The van der Waals surface area contributed by atoms with Crippen molar-refractivity contribution in [3.63, 3.8) is 0 Å². The van der Waals surface area contributed by atoms with Crippen molar-refractivity contribution < 1.29 is 28.3 Å². The Labute approximate surface area is 171 Å². The minimum Gasteiger partial charge on any atom is -0.478 e. The molecule has 2 N–H and O–H groups in total. The summed E-state index contributed by atoms with van der Waals surface area (Å²) in [5.74, 6) is -0.600. The SMILES string of the molecule is O=C/C=C(/C(=O)O)c1sccc1N(O)Cc1cnn(CC2CCS(=O)(=O)CC2)c1. The fourth-order valence-corrected chi connectivity index (χ4v) is 5.75. The molecule has 0 aromatic carbocycles. The van der Waals surface area contributed by atoms with Crippen molar-refractivity contribution >= 4 is 44.7 Å². The van der Waals surface area contributed by atoms with Gasteiger partial charge < -0.3 is 5.11 Å². The summed E-state index contributed by atoms with van der Waals surface area (Å²) in [4.78, 5) is 22.4. The lowest BCUT2D eigenvalue weighted by molar-refractivity contribution is -0.130. The van der Waals surface area contributed by atoms with Gasteiger partial charge in [-0.3, -0.25) is 19.7 Å². The molecule has 0 spiro atoms. The standard InChI is InChI=1S/C18H21N3O6S2/c22-5-1-15(18(23)24)17-16(2-6-28-17)21(25)12-14-9-19-20(11-14)10-13-3-7-29(26,27)8-4-13/h1-2,5-6,9,11,13,25H,3-4,7-8,10,12H2,(H,23,24)/b15-1+. The van der Waals surface area contributed by atoms with E-state index in [9.17, 15) is 28.3 Å². The van der Waals surface area contributed by atoms with E-state index in [-0.39, 0.29) is 40.1 Å². The van der Waals surface area contributed by atoms with Crippen molar-refractivity contribution in [1.29, 1.82) is 0 Å². The van der Waals surface area contributed by atoms with Gasteiger partial charge in [0.1, 0.15) is 16.1 Å². The van der Waals surface area contributed by atoms with Crippen LogP contribution in [0.2, 0.25) is 0 Å². The summed E-state index contributed by atoms with van der Waals surface area (Å²) in [6.07, 6.45) is 5.96. The van der Waals surface area contributed by atoms with Crippen LogP contribution in [0.25, 0.3) is 5.57 Å². The van der Waals surface area contributed by atoms with Gasteiger partial charge in [-0.25, -0.2) is 13.2 Å². The maximum absolute atomic E-state index is 11.5. The third-order valence-electron chi connectivity index (χ3n) is 4.77. The van der Waals surface area contributed by atoms with E-state index in [4.69, 9.17) is 0 Å². The highest BCUT2D eigenvalue weighted by atomic mass is 32.2. The number of carboxylic acids is 1. The van der Waals surface area contributed by atoms with Crippen molar-refractivity contribution in [2.75, 3.05) is 16.6 Å². The van der Waals surface area contributed by atoms with E-state index in [1.54, 1.807) is 28.5 Å². The predicted molar refractivity (Wildman–Crippen MR) is 108 cm³/mol. The van der Waals surface area contributed by atoms with Crippen molar-refractivity contribution in [3.05, 3.63) is 40.4 Å². The number of aromatic nitrogens is 2. The first-order valence-corrected chi connectivity index (χ1v) is 11.6. The Hall–Kier alpha value is -2.50. The Morgan fingerprint density at radius 2 is 2.10 bits per heavy atom. The minimum atomic E-state index is -2.90. The minimum absolute atomic E-state index is 0.0801. The van der Waals surface area contributed by atoms with Crippen LogP contribution in [0, 0.1) is 5.92 Å². The van der Waals surface area contributed by atoms with E-state index in [0.29, 0.717) is 31.2 Å². The molecule has 0 amide bonds. The summed E-state index contributed by atoms with van der Waals surface area (Å²) in [6.45, 7) is 0.687. The summed E-state index contributed by atoms with van der Waals surface area (Å²) in [7, 11) is -2.90. The molecular weight excluding hydrogens is 418 g/mol. The van der Waals surface area contributed by atoms with Gasteiger partial charge in [0.2, 0.25) is 0 Å². The zero-order valence-electron chi connectivity index (χ0n) is 15.5. The Morgan fingerprint density at radius 3 is 2.76 bits per heavy atom. The number of anilines is 1. The van der Waals surface area contributed by atoms with Crippen molar-refractivity contribution in [2.45, 2.75) is 25.9 Å². The molecule has 0 bridgehead atoms. The summed E-state index contributed by atoms with van der Waals surface area (Å²) >= 11 is 1.11. The van der Waals surface area contributed by atoms with E-state index >= 15 is 0 Å². The van der Waals surface area contributed by atoms with Crippen molar-refractivity contribution in [2.24, 2.45) is 5.92 Å². The first kappa shape index (κ1) is 21.2. The van der Waals surface area contributed by atoms with Gasteiger partial charge in [-0.1, -0.05) is 0 Å². The van der Waals surface area contributed by atoms with Crippen LogP contribution in [0.1, 0.15) is 23.3 Å². The van der Waals surface area contributed by atoms with Gasteiger partial charge in [0, 0.05) is 18.3 Å². The van der Waals surface area contributed by atoms with Crippen LogP contribution in [0.5, 0.6) is 0 Å². The highest BCUT2D eigenvalue weighted by Crippen LogP contribution is 2.33. The molecule has 156 valence electrons. The molecule has 0 unspecified atom stereocenters. The fourth-order valence-electron chi connectivity index (χ4n) is 3.25. The Kier molecular flexibility index (Phi) is 6.50. The lowest BCUT2D eigenvalue weighted by Crippen LogP contribution is -2.26. The van der Waals surface area contributed by atoms with E-state index in [1.165, 1.54) is 0 Å². The topological polar surface area (TPSA) is 130 Å². The van der Waals surface area contributed by atoms with Crippen LogP contribution in [0.15, 0.2) is 29.9 Å². The number of carbonyl (C=O) groups is 2. The third-order valence-corrected chi connectivity index (χ3v) is 7.42. The van der Waals surface area contributed by atoms with E-state index in [2.05, 4.69) is 5.10 Å². The maximum atomic E-state index is 11.5. The number of rotatable bonds is 8. The number of aldehydes is 1. The van der Waals surface area contributed by atoms with Crippen molar-refractivity contribution in [3.8, 4) is 0 Å². The number of carboxylic acid groups (broad SMARTS) is 1. The van der Waals surface area contributed by atoms with Crippen LogP contribution in [0.3, 0.4) is 0 Å². The van der Waals surface area contributed by atoms with Crippen molar-refractivity contribution in [1.82, 2.24) is 9.78 Å². The molecular formula is C18H21N3O6S2. The summed E-state index contributed by atoms with van der Waals surface area (Å²) < 4.78 is 24.8. The quantitative estimate of drug-likeness (QED) is 0.362. The van der Waals surface area contributed by atoms with Gasteiger partial charge in [-0.05, 0) is 36.3 Å². The summed E-state index contributed by atoms with van der Waals surface area (Å²) in [5.41, 5.74) is 0.812. The zero-order chi connectivity index (χ0) is 21.0. The second kappa shape index (κ2) is 8.89. The summed E-state index contributed by atoms with van der Waals surface area (Å²) in [6, 6.07) is 1.58. The molecule has 3 heterocycles. The Balaban J connectivity index is 1.66. The van der Waals surface area contributed by atoms with E-state index in [1.807, 2.05) is 0 Å². The van der Waals surface area contributed by atoms with Gasteiger partial charge in [-0.2, -0.15) is 5.10 Å². The molecule has 0 saturated carbocycles. The number of hydrogen-bond acceptors (Lipinski definition) is 8. The number of thiophene rings is 1. The maximum Gasteiger partial charge on any atom is 0.337 e. The second-order valence-electron chi connectivity index (χ2n) is 6.88. The molecule has 2 aromatic rings. The number of carbonyl (C=O) groups excluding carboxylic acids is 1. The lowest BCUT2D eigenvalue weighted by atomic mass is 10.0. The molecule has 11 heteroatoms. The predicted octanol–water partition coefficient (Wildman–Crippen LogP) is 1.83. The molecule has 1 aliphatic heterocycles. The normalized spacial score (nSPS) is 17.2.